The number of halogens is 1. The van der Waals surface area contributed by atoms with Crippen molar-refractivity contribution < 1.29 is 9.53 Å². The van der Waals surface area contributed by atoms with Crippen LogP contribution >= 0.6 is 24.0 Å². The lowest BCUT2D eigenvalue weighted by atomic mass is 10.1. The zero-order chi connectivity index (χ0) is 19.8. The first-order chi connectivity index (χ1) is 12.0. The summed E-state index contributed by atoms with van der Waals surface area (Å²) < 4.78 is 5.49. The topological polar surface area (TPSA) is 78.0 Å². The third kappa shape index (κ3) is 12.3. The second kappa shape index (κ2) is 11.9. The Morgan fingerprint density at radius 1 is 1.22 bits per heavy atom. The Labute approximate surface area is 182 Å². The van der Waals surface area contributed by atoms with Crippen LogP contribution in [0.15, 0.2) is 4.99 Å². The quantitative estimate of drug-likeness (QED) is 0.236. The number of rotatable bonds is 5. The lowest BCUT2D eigenvalue weighted by Crippen LogP contribution is -2.53. The average Bonchev–Trinajstić information content (AvgIpc) is 2.49. The molecule has 0 saturated carbocycles. The van der Waals surface area contributed by atoms with Gasteiger partial charge in [-0.3, -0.25) is 4.99 Å². The van der Waals surface area contributed by atoms with Gasteiger partial charge in [0.2, 0.25) is 0 Å². The van der Waals surface area contributed by atoms with E-state index < -0.39 is 5.60 Å². The highest BCUT2D eigenvalue weighted by Crippen LogP contribution is 2.15. The highest BCUT2D eigenvalue weighted by molar-refractivity contribution is 14.0. The molecule has 1 aliphatic rings. The van der Waals surface area contributed by atoms with Crippen LogP contribution in [-0.4, -0.2) is 66.9 Å². The molecule has 1 rings (SSSR count). The van der Waals surface area contributed by atoms with E-state index >= 15 is 0 Å². The minimum absolute atomic E-state index is 0. The lowest BCUT2D eigenvalue weighted by molar-refractivity contribution is 0.0193. The predicted octanol–water partition coefficient (Wildman–Crippen LogP) is 2.95. The van der Waals surface area contributed by atoms with E-state index in [-0.39, 0.29) is 41.7 Å². The summed E-state index contributed by atoms with van der Waals surface area (Å²) in [5.74, 6) is 0.805. The summed E-state index contributed by atoms with van der Waals surface area (Å²) >= 11 is 0. The van der Waals surface area contributed by atoms with Gasteiger partial charge in [0.25, 0.3) is 0 Å². The molecule has 0 spiro atoms. The maximum absolute atomic E-state index is 12.3. The van der Waals surface area contributed by atoms with E-state index in [4.69, 9.17) is 4.74 Å². The first-order valence-corrected chi connectivity index (χ1v) is 9.78. The van der Waals surface area contributed by atoms with Crippen LogP contribution in [0.5, 0.6) is 0 Å². The number of piperidine rings is 1. The molecule has 3 N–H and O–H groups in total. The van der Waals surface area contributed by atoms with Crippen molar-refractivity contribution in [2.45, 2.75) is 78.5 Å². The van der Waals surface area contributed by atoms with Crippen LogP contribution in [0.25, 0.3) is 0 Å². The Bertz CT molecular complexity index is 472. The largest absolute Gasteiger partial charge is 0.444 e. The Kier molecular flexibility index (Phi) is 11.6. The number of hydrogen-bond donors (Lipinski definition) is 3. The second-order valence-electron chi connectivity index (χ2n) is 8.85. The monoisotopic (exact) mass is 497 g/mol. The molecule has 1 atom stereocenters. The molecule has 0 radical (unpaired) electrons. The Hall–Kier alpha value is -0.770. The van der Waals surface area contributed by atoms with Gasteiger partial charge in [-0.2, -0.15) is 0 Å². The maximum atomic E-state index is 12.3. The summed E-state index contributed by atoms with van der Waals surface area (Å²) in [4.78, 5) is 18.7. The van der Waals surface area contributed by atoms with E-state index in [9.17, 15) is 4.79 Å². The molecule has 1 aliphatic heterocycles. The average molecular weight is 497 g/mol. The van der Waals surface area contributed by atoms with Crippen molar-refractivity contribution in [2.24, 2.45) is 4.99 Å². The Morgan fingerprint density at radius 3 is 2.44 bits per heavy atom. The van der Waals surface area contributed by atoms with Crippen molar-refractivity contribution in [3.63, 3.8) is 0 Å². The third-order valence-electron chi connectivity index (χ3n) is 3.80. The highest BCUT2D eigenvalue weighted by Gasteiger charge is 2.28. The minimum Gasteiger partial charge on any atom is -0.444 e. The maximum Gasteiger partial charge on any atom is 0.410 e. The van der Waals surface area contributed by atoms with Gasteiger partial charge in [-0.25, -0.2) is 4.79 Å². The van der Waals surface area contributed by atoms with Crippen molar-refractivity contribution in [1.29, 1.82) is 0 Å². The minimum atomic E-state index is -0.464. The summed E-state index contributed by atoms with van der Waals surface area (Å²) in [5, 5.41) is 10.2. The van der Waals surface area contributed by atoms with Gasteiger partial charge in [-0.1, -0.05) is 0 Å². The fourth-order valence-corrected chi connectivity index (χ4v) is 2.70. The summed E-state index contributed by atoms with van der Waals surface area (Å²) in [7, 11) is 0. The van der Waals surface area contributed by atoms with Crippen LogP contribution in [0, 0.1) is 0 Å². The molecule has 8 heteroatoms. The SMILES string of the molecule is CCNC(=NCCNC(C)(C)C)NC1CCCN(C(=O)OC(C)(C)C)C1.I. The van der Waals surface area contributed by atoms with Gasteiger partial charge in [-0.15, -0.1) is 24.0 Å². The van der Waals surface area contributed by atoms with Crippen LogP contribution in [-0.2, 0) is 4.74 Å². The third-order valence-corrected chi connectivity index (χ3v) is 3.80. The molecule has 0 aliphatic carbocycles. The van der Waals surface area contributed by atoms with Gasteiger partial charge in [0.1, 0.15) is 5.60 Å². The van der Waals surface area contributed by atoms with E-state index in [1.165, 1.54) is 0 Å². The highest BCUT2D eigenvalue weighted by atomic mass is 127. The molecule has 27 heavy (non-hydrogen) atoms. The molecular weight excluding hydrogens is 457 g/mol. The van der Waals surface area contributed by atoms with Crippen LogP contribution in [0.1, 0.15) is 61.3 Å². The van der Waals surface area contributed by atoms with Gasteiger partial charge in [0.05, 0.1) is 6.54 Å². The van der Waals surface area contributed by atoms with Gasteiger partial charge in [0.15, 0.2) is 5.96 Å². The number of nitrogens with zero attached hydrogens (tertiary/aromatic N) is 2. The number of aliphatic imine (C=N–C) groups is 1. The smallest absolute Gasteiger partial charge is 0.410 e. The number of carbonyl (C=O) groups is 1. The van der Waals surface area contributed by atoms with Crippen LogP contribution in [0.2, 0.25) is 0 Å². The molecule has 1 amide bonds. The van der Waals surface area contributed by atoms with E-state index in [1.807, 2.05) is 20.8 Å². The van der Waals surface area contributed by atoms with Crippen LogP contribution in [0.3, 0.4) is 0 Å². The van der Waals surface area contributed by atoms with Crippen molar-refractivity contribution >= 4 is 36.0 Å². The summed E-state index contributed by atoms with van der Waals surface area (Å²) in [6.07, 6.45) is 1.74. The first kappa shape index (κ1) is 26.2. The number of guanidine groups is 1. The standard InChI is InChI=1S/C19H39N5O2.HI/c1-8-20-16(21-11-12-22-18(2,3)4)23-15-10-9-13-24(14-15)17(25)26-19(5,6)7;/h15,22H,8-14H2,1-7H3,(H2,20,21,23);1H. The summed E-state index contributed by atoms with van der Waals surface area (Å²) in [6, 6.07) is 0.185. The molecule has 0 aromatic rings. The molecule has 1 saturated heterocycles. The molecule has 1 unspecified atom stereocenters. The van der Waals surface area contributed by atoms with Crippen molar-refractivity contribution in [2.75, 3.05) is 32.7 Å². The Balaban J connectivity index is 0.00000676. The number of ether oxygens (including phenoxy) is 1. The summed E-state index contributed by atoms with van der Waals surface area (Å²) in [5.41, 5.74) is -0.369. The fraction of sp³-hybridized carbons (Fsp3) is 0.895. The van der Waals surface area contributed by atoms with E-state index in [0.29, 0.717) is 13.1 Å². The molecular formula is C19H40IN5O2. The fourth-order valence-electron chi connectivity index (χ4n) is 2.70. The van der Waals surface area contributed by atoms with E-state index in [2.05, 4.69) is 48.6 Å². The van der Waals surface area contributed by atoms with Crippen LogP contribution in [0.4, 0.5) is 4.79 Å². The number of hydrogen-bond acceptors (Lipinski definition) is 4. The second-order valence-corrected chi connectivity index (χ2v) is 8.85. The van der Waals surface area contributed by atoms with Crippen molar-refractivity contribution in [3.05, 3.63) is 0 Å². The number of amides is 1. The number of nitrogens with one attached hydrogen (secondary N) is 3. The van der Waals surface area contributed by atoms with Gasteiger partial charge < -0.3 is 25.6 Å². The molecule has 7 nitrogen and oxygen atoms in total. The van der Waals surface area contributed by atoms with Crippen LogP contribution < -0.4 is 16.0 Å². The molecule has 0 aromatic carbocycles. The molecule has 0 bridgehead atoms. The van der Waals surface area contributed by atoms with Crippen molar-refractivity contribution in [1.82, 2.24) is 20.9 Å². The molecule has 160 valence electrons. The van der Waals surface area contributed by atoms with Crippen molar-refractivity contribution in [3.8, 4) is 0 Å². The summed E-state index contributed by atoms with van der Waals surface area (Å²) in [6.45, 7) is 17.9. The van der Waals surface area contributed by atoms with Gasteiger partial charge in [-0.05, 0) is 61.3 Å². The first-order valence-electron chi connectivity index (χ1n) is 9.78. The van der Waals surface area contributed by atoms with E-state index in [0.717, 1.165) is 38.4 Å². The molecule has 1 heterocycles. The Morgan fingerprint density at radius 2 is 1.89 bits per heavy atom. The number of carbonyl (C=O) groups excluding carboxylic acids is 1. The lowest BCUT2D eigenvalue weighted by Gasteiger charge is -2.35. The molecule has 0 aromatic heterocycles. The predicted molar refractivity (Wildman–Crippen MR) is 123 cm³/mol. The number of likely N-dealkylation sites (tertiary alicyclic amines) is 1. The zero-order valence-electron chi connectivity index (χ0n) is 18.1. The van der Waals surface area contributed by atoms with Gasteiger partial charge >= 0.3 is 6.09 Å². The van der Waals surface area contributed by atoms with E-state index in [1.54, 1.807) is 4.90 Å². The normalized spacial score (nSPS) is 18.6. The zero-order valence-corrected chi connectivity index (χ0v) is 20.5. The van der Waals surface area contributed by atoms with Gasteiger partial charge in [0, 0.05) is 37.8 Å². The molecule has 1 fully saturated rings.